The van der Waals surface area contributed by atoms with E-state index >= 15 is 0 Å². The fraction of sp³-hybridized carbons (Fsp3) is 0.308. The van der Waals surface area contributed by atoms with Crippen LogP contribution in [0.25, 0.3) is 10.8 Å². The highest BCUT2D eigenvalue weighted by molar-refractivity contribution is 9.10. The zero-order valence-corrected chi connectivity index (χ0v) is 12.5. The molecular weight excluding hydrogens is 328 g/mol. The van der Waals surface area contributed by atoms with Gasteiger partial charge in [0, 0.05) is 4.47 Å². The quantitative estimate of drug-likeness (QED) is 0.920. The van der Waals surface area contributed by atoms with E-state index in [0.29, 0.717) is 10.8 Å². The molecule has 0 fully saturated rings. The van der Waals surface area contributed by atoms with Crippen molar-refractivity contribution in [1.82, 2.24) is 9.78 Å². The molecule has 2 aromatic rings. The number of aliphatic carboxylic acids is 1. The number of fused-ring (bicyclic) bond motifs is 1. The number of carboxylic acid groups (broad SMARTS) is 1. The number of carbonyl (C=O) groups is 1. The Bertz CT molecular complexity index is 724. The van der Waals surface area contributed by atoms with Crippen molar-refractivity contribution >= 4 is 32.7 Å². The molecule has 0 saturated heterocycles. The lowest BCUT2D eigenvalue weighted by Crippen LogP contribution is -2.27. The van der Waals surface area contributed by atoms with Gasteiger partial charge in [0.25, 0.3) is 5.56 Å². The number of halogens is 1. The second-order valence-electron chi connectivity index (χ2n) is 4.52. The number of benzene rings is 1. The molecule has 0 unspecified atom stereocenters. The van der Waals surface area contributed by atoms with Gasteiger partial charge in [-0.05, 0) is 32.0 Å². The van der Waals surface area contributed by atoms with Gasteiger partial charge in [-0.2, -0.15) is 0 Å². The minimum absolute atomic E-state index is 0.138. The molecule has 0 aliphatic carbocycles. The van der Waals surface area contributed by atoms with Crippen LogP contribution in [-0.4, -0.2) is 27.0 Å². The van der Waals surface area contributed by atoms with E-state index in [-0.39, 0.29) is 12.0 Å². The van der Waals surface area contributed by atoms with E-state index in [1.807, 2.05) is 13.8 Å². The van der Waals surface area contributed by atoms with Crippen molar-refractivity contribution < 1.29 is 14.6 Å². The van der Waals surface area contributed by atoms with Gasteiger partial charge in [-0.25, -0.2) is 4.68 Å². The highest BCUT2D eigenvalue weighted by Crippen LogP contribution is 2.25. The van der Waals surface area contributed by atoms with Gasteiger partial charge in [0.15, 0.2) is 0 Å². The molecule has 20 heavy (non-hydrogen) atoms. The third-order valence-corrected chi connectivity index (χ3v) is 3.01. The zero-order chi connectivity index (χ0) is 14.9. The van der Waals surface area contributed by atoms with Crippen LogP contribution in [-0.2, 0) is 11.3 Å². The number of nitrogens with zero attached hydrogens (tertiary/aromatic N) is 2. The van der Waals surface area contributed by atoms with Crippen LogP contribution >= 0.6 is 15.9 Å². The maximum absolute atomic E-state index is 12.2. The largest absolute Gasteiger partial charge is 0.480 e. The topological polar surface area (TPSA) is 81.4 Å². The summed E-state index contributed by atoms with van der Waals surface area (Å²) < 4.78 is 7.26. The number of ether oxygens (including phenoxy) is 1. The second-order valence-corrected chi connectivity index (χ2v) is 5.43. The predicted molar refractivity (Wildman–Crippen MR) is 77.1 cm³/mol. The monoisotopic (exact) mass is 340 g/mol. The van der Waals surface area contributed by atoms with Gasteiger partial charge in [-0.1, -0.05) is 15.9 Å². The van der Waals surface area contributed by atoms with Crippen LogP contribution in [0.4, 0.5) is 0 Å². The van der Waals surface area contributed by atoms with E-state index in [0.717, 1.165) is 9.15 Å². The summed E-state index contributed by atoms with van der Waals surface area (Å²) in [6.45, 7) is 3.16. The molecule has 1 aromatic carbocycles. The van der Waals surface area contributed by atoms with Gasteiger partial charge in [0.1, 0.15) is 6.54 Å². The molecule has 0 aliphatic heterocycles. The molecule has 0 radical (unpaired) electrons. The Balaban J connectivity index is 2.73. The Kier molecular flexibility index (Phi) is 4.08. The third-order valence-electron chi connectivity index (χ3n) is 2.52. The second kappa shape index (κ2) is 5.62. The van der Waals surface area contributed by atoms with Gasteiger partial charge >= 0.3 is 5.97 Å². The van der Waals surface area contributed by atoms with Crippen molar-refractivity contribution in [3.63, 3.8) is 0 Å². The van der Waals surface area contributed by atoms with Crippen molar-refractivity contribution in [2.24, 2.45) is 0 Å². The number of rotatable bonds is 4. The highest BCUT2D eigenvalue weighted by atomic mass is 79.9. The number of aromatic nitrogens is 2. The fourth-order valence-electron chi connectivity index (χ4n) is 1.77. The molecule has 0 atom stereocenters. The molecule has 0 bridgehead atoms. The standard InChI is InChI=1S/C13H13BrN2O4/c1-7(2)20-12-10-5-8(14)3-4-9(10)13(19)16(15-12)6-11(17)18/h3-5,7H,6H2,1-2H3,(H,17,18). The first kappa shape index (κ1) is 14.5. The molecule has 6 nitrogen and oxygen atoms in total. The van der Waals surface area contributed by atoms with Crippen molar-refractivity contribution in [3.05, 3.63) is 33.0 Å². The summed E-state index contributed by atoms with van der Waals surface area (Å²) in [5.41, 5.74) is -0.453. The van der Waals surface area contributed by atoms with Gasteiger partial charge in [-0.15, -0.1) is 5.10 Å². The molecule has 0 saturated carbocycles. The van der Waals surface area contributed by atoms with E-state index in [1.54, 1.807) is 18.2 Å². The third kappa shape index (κ3) is 2.98. The SMILES string of the molecule is CC(C)Oc1nn(CC(=O)O)c(=O)c2ccc(Br)cc12. The van der Waals surface area contributed by atoms with Crippen molar-refractivity contribution in [2.75, 3.05) is 0 Å². The van der Waals surface area contributed by atoms with Crippen LogP contribution in [0, 0.1) is 0 Å². The number of hydrogen-bond acceptors (Lipinski definition) is 4. The lowest BCUT2D eigenvalue weighted by atomic mass is 10.2. The summed E-state index contributed by atoms with van der Waals surface area (Å²) in [6, 6.07) is 5.06. The maximum Gasteiger partial charge on any atom is 0.325 e. The first-order valence-corrected chi connectivity index (χ1v) is 6.76. The van der Waals surface area contributed by atoms with E-state index in [9.17, 15) is 9.59 Å². The van der Waals surface area contributed by atoms with Crippen LogP contribution < -0.4 is 10.3 Å². The Hall–Kier alpha value is -1.89. The first-order valence-electron chi connectivity index (χ1n) is 5.97. The van der Waals surface area contributed by atoms with Crippen molar-refractivity contribution in [1.29, 1.82) is 0 Å². The summed E-state index contributed by atoms with van der Waals surface area (Å²) in [7, 11) is 0. The van der Waals surface area contributed by atoms with Gasteiger partial charge in [0.2, 0.25) is 5.88 Å². The molecule has 1 aromatic heterocycles. The van der Waals surface area contributed by atoms with Gasteiger partial charge < -0.3 is 9.84 Å². The molecule has 106 valence electrons. The lowest BCUT2D eigenvalue weighted by molar-refractivity contribution is -0.138. The Morgan fingerprint density at radius 2 is 2.15 bits per heavy atom. The Labute approximate surface area is 123 Å². The van der Waals surface area contributed by atoms with Crippen LogP contribution in [0.1, 0.15) is 13.8 Å². The highest BCUT2D eigenvalue weighted by Gasteiger charge is 2.14. The summed E-state index contributed by atoms with van der Waals surface area (Å²) in [4.78, 5) is 23.0. The molecule has 0 spiro atoms. The van der Waals surface area contributed by atoms with Crippen LogP contribution in [0.3, 0.4) is 0 Å². The zero-order valence-electron chi connectivity index (χ0n) is 11.0. The molecule has 0 amide bonds. The summed E-state index contributed by atoms with van der Waals surface area (Å²) in [6.07, 6.45) is -0.138. The van der Waals surface area contributed by atoms with Crippen molar-refractivity contribution in [3.8, 4) is 5.88 Å². The Morgan fingerprint density at radius 3 is 2.75 bits per heavy atom. The molecule has 2 rings (SSSR count). The number of carboxylic acids is 1. The smallest absolute Gasteiger partial charge is 0.325 e. The minimum Gasteiger partial charge on any atom is -0.480 e. The van der Waals surface area contributed by atoms with Crippen LogP contribution in [0.2, 0.25) is 0 Å². The lowest BCUT2D eigenvalue weighted by Gasteiger charge is -2.13. The molecule has 7 heteroatoms. The van der Waals surface area contributed by atoms with E-state index in [4.69, 9.17) is 9.84 Å². The first-order chi connectivity index (χ1) is 9.38. The Morgan fingerprint density at radius 1 is 1.45 bits per heavy atom. The van der Waals surface area contributed by atoms with Crippen LogP contribution in [0.15, 0.2) is 27.5 Å². The molecule has 1 heterocycles. The molecule has 0 aliphatic rings. The van der Waals surface area contributed by atoms with E-state index in [1.165, 1.54) is 0 Å². The summed E-state index contributed by atoms with van der Waals surface area (Å²) >= 11 is 3.33. The fourth-order valence-corrected chi connectivity index (χ4v) is 2.13. The molecule has 1 N–H and O–H groups in total. The summed E-state index contributed by atoms with van der Waals surface area (Å²) in [5.74, 6) is -0.885. The van der Waals surface area contributed by atoms with E-state index < -0.39 is 18.1 Å². The van der Waals surface area contributed by atoms with E-state index in [2.05, 4.69) is 21.0 Å². The average Bonchev–Trinajstić information content (AvgIpc) is 2.33. The average molecular weight is 341 g/mol. The van der Waals surface area contributed by atoms with Crippen molar-refractivity contribution in [2.45, 2.75) is 26.5 Å². The number of hydrogen-bond donors (Lipinski definition) is 1. The maximum atomic E-state index is 12.2. The normalized spacial score (nSPS) is 11.0. The predicted octanol–water partition coefficient (Wildman–Crippen LogP) is 2.03. The molecular formula is C13H13BrN2O4. The summed E-state index contributed by atoms with van der Waals surface area (Å²) in [5, 5.41) is 13.8. The minimum atomic E-state index is -1.13. The van der Waals surface area contributed by atoms with Crippen LogP contribution in [0.5, 0.6) is 5.88 Å². The van der Waals surface area contributed by atoms with Gasteiger partial charge in [0.05, 0.1) is 16.9 Å². The van der Waals surface area contributed by atoms with Gasteiger partial charge in [-0.3, -0.25) is 9.59 Å².